The molecular formula is C30H22O9S4. The second kappa shape index (κ2) is 10.2. The maximum Gasteiger partial charge on any atom is 0.296 e. The number of rotatable bonds is 9. The van der Waals surface area contributed by atoms with Crippen LogP contribution in [-0.2, 0) is 39.6 Å². The van der Waals surface area contributed by atoms with Gasteiger partial charge in [-0.2, -0.15) is 8.42 Å². The maximum atomic E-state index is 13.4. The number of fused-ring (bicyclic) bond motifs is 4. The minimum absolute atomic E-state index is 0.00986. The number of sulfone groups is 3. The summed E-state index contributed by atoms with van der Waals surface area (Å²) in [6, 6.07) is 19.8. The Morgan fingerprint density at radius 2 is 0.977 bits per heavy atom. The molecule has 0 aliphatic heterocycles. The first kappa shape index (κ1) is 30.3. The summed E-state index contributed by atoms with van der Waals surface area (Å²) in [6.07, 6.45) is 0. The highest BCUT2D eigenvalue weighted by atomic mass is 32.2. The van der Waals surface area contributed by atoms with Crippen LogP contribution in [0.1, 0.15) is 0 Å². The van der Waals surface area contributed by atoms with Crippen LogP contribution in [-0.4, -0.2) is 38.2 Å². The zero-order chi connectivity index (χ0) is 31.5. The lowest BCUT2D eigenvalue weighted by atomic mass is 9.74. The van der Waals surface area contributed by atoms with E-state index in [0.29, 0.717) is 22.1 Å². The SMILES string of the molecule is C=CS(=O)(=O)c1cc(-c2ccc3c(c2-c2ccccc2)-c2ccccc2-3)c(S(=O)(=O)O)c(S(=O)(=O)C=C)c1S(=O)(=O)C=C. The number of benzene rings is 4. The van der Waals surface area contributed by atoms with Crippen molar-refractivity contribution in [2.24, 2.45) is 0 Å². The Balaban J connectivity index is 2.13. The van der Waals surface area contributed by atoms with Crippen LogP contribution in [0.2, 0.25) is 0 Å². The van der Waals surface area contributed by atoms with Crippen LogP contribution in [0.25, 0.3) is 44.5 Å². The van der Waals surface area contributed by atoms with Crippen molar-refractivity contribution in [3.8, 4) is 44.5 Å². The van der Waals surface area contributed by atoms with Gasteiger partial charge in [-0.3, -0.25) is 4.55 Å². The van der Waals surface area contributed by atoms with E-state index in [1.54, 1.807) is 42.5 Å². The summed E-state index contributed by atoms with van der Waals surface area (Å²) in [4.78, 5) is -5.30. The van der Waals surface area contributed by atoms with Gasteiger partial charge >= 0.3 is 0 Å². The van der Waals surface area contributed by atoms with Gasteiger partial charge in [0.2, 0.25) is 29.5 Å². The third-order valence-corrected chi connectivity index (χ3v) is 12.5. The molecule has 5 rings (SSSR count). The Bertz CT molecular complexity index is 2340. The van der Waals surface area contributed by atoms with Crippen molar-refractivity contribution in [2.75, 3.05) is 0 Å². The first-order chi connectivity index (χ1) is 20.1. The molecular weight excluding hydrogens is 633 g/mol. The van der Waals surface area contributed by atoms with E-state index in [0.717, 1.165) is 22.8 Å². The monoisotopic (exact) mass is 654 g/mol. The van der Waals surface area contributed by atoms with Crippen molar-refractivity contribution < 1.29 is 38.2 Å². The topological polar surface area (TPSA) is 157 Å². The first-order valence-electron chi connectivity index (χ1n) is 12.2. The summed E-state index contributed by atoms with van der Waals surface area (Å²) in [6.45, 7) is 9.53. The smallest absolute Gasteiger partial charge is 0.282 e. The predicted octanol–water partition coefficient (Wildman–Crippen LogP) is 5.67. The molecule has 4 aromatic rings. The summed E-state index contributed by atoms with van der Waals surface area (Å²) < 4.78 is 117. The molecule has 4 aromatic carbocycles. The molecule has 1 N–H and O–H groups in total. The molecule has 0 saturated carbocycles. The van der Waals surface area contributed by atoms with E-state index in [1.165, 1.54) is 6.07 Å². The highest BCUT2D eigenvalue weighted by Gasteiger charge is 2.40. The molecule has 1 aliphatic rings. The largest absolute Gasteiger partial charge is 0.296 e. The highest BCUT2D eigenvalue weighted by Crippen LogP contribution is 2.55. The van der Waals surface area contributed by atoms with Crippen molar-refractivity contribution in [1.82, 2.24) is 0 Å². The van der Waals surface area contributed by atoms with Gasteiger partial charge in [-0.05, 0) is 45.0 Å². The molecule has 0 bridgehead atoms. The second-order valence-electron chi connectivity index (χ2n) is 9.34. The standard InChI is InChI=1S/C30H22O9S4/c1-4-40(31,32)25-18-24(28(43(37,38)39)30(42(35,36)6-3)29(25)41(33,34)5-2)23-17-16-22-20-14-10-11-15-21(20)27(22)26(23)19-12-8-7-9-13-19/h4-18H,1-3H2,(H,37,38,39). The quantitative estimate of drug-likeness (QED) is 0.198. The van der Waals surface area contributed by atoms with Crippen LogP contribution in [0.3, 0.4) is 0 Å². The van der Waals surface area contributed by atoms with E-state index in [1.807, 2.05) is 18.2 Å². The van der Waals surface area contributed by atoms with Crippen LogP contribution in [0.15, 0.2) is 128 Å². The fraction of sp³-hybridized carbons (Fsp3) is 0. The molecule has 0 spiro atoms. The normalized spacial score (nSPS) is 12.9. The fourth-order valence-electron chi connectivity index (χ4n) is 5.16. The van der Waals surface area contributed by atoms with Crippen molar-refractivity contribution >= 4 is 39.6 Å². The van der Waals surface area contributed by atoms with Crippen LogP contribution < -0.4 is 0 Å². The lowest BCUT2D eigenvalue weighted by Gasteiger charge is -2.29. The molecule has 9 nitrogen and oxygen atoms in total. The van der Waals surface area contributed by atoms with Gasteiger partial charge in [0, 0.05) is 21.8 Å². The number of hydrogen-bond donors (Lipinski definition) is 1. The van der Waals surface area contributed by atoms with E-state index in [9.17, 15) is 38.2 Å². The van der Waals surface area contributed by atoms with Crippen molar-refractivity contribution in [1.29, 1.82) is 0 Å². The summed E-state index contributed by atoms with van der Waals surface area (Å²) in [5.41, 5.74) is 3.51. The Labute approximate surface area is 249 Å². The lowest BCUT2D eigenvalue weighted by molar-refractivity contribution is 0.479. The molecule has 1 aliphatic carbocycles. The molecule has 0 atom stereocenters. The average Bonchev–Trinajstić information content (AvgIpc) is 2.98. The van der Waals surface area contributed by atoms with Crippen LogP contribution >= 0.6 is 0 Å². The third-order valence-electron chi connectivity index (χ3n) is 6.99. The van der Waals surface area contributed by atoms with Gasteiger partial charge in [-0.1, -0.05) is 86.5 Å². The van der Waals surface area contributed by atoms with Crippen molar-refractivity contribution in [2.45, 2.75) is 19.6 Å². The van der Waals surface area contributed by atoms with E-state index >= 15 is 0 Å². The molecule has 43 heavy (non-hydrogen) atoms. The Kier molecular flexibility index (Phi) is 7.22. The Hall–Kier alpha value is -4.14. The molecule has 13 heteroatoms. The lowest BCUT2D eigenvalue weighted by Crippen LogP contribution is -2.18. The predicted molar refractivity (Wildman–Crippen MR) is 164 cm³/mol. The van der Waals surface area contributed by atoms with Crippen LogP contribution in [0.4, 0.5) is 0 Å². The van der Waals surface area contributed by atoms with Gasteiger partial charge in [0.15, 0.2) is 0 Å². The zero-order valence-corrected chi connectivity index (χ0v) is 25.4. The average molecular weight is 655 g/mol. The van der Waals surface area contributed by atoms with E-state index in [4.69, 9.17) is 0 Å². The van der Waals surface area contributed by atoms with Gasteiger partial charge < -0.3 is 0 Å². The third kappa shape index (κ3) is 4.79. The zero-order valence-electron chi connectivity index (χ0n) is 22.1. The summed E-state index contributed by atoms with van der Waals surface area (Å²) in [5.74, 6) is 0. The molecule has 220 valence electrons. The minimum atomic E-state index is -5.58. The van der Waals surface area contributed by atoms with Gasteiger partial charge in [0.1, 0.15) is 14.7 Å². The van der Waals surface area contributed by atoms with Crippen LogP contribution in [0.5, 0.6) is 0 Å². The van der Waals surface area contributed by atoms with Crippen molar-refractivity contribution in [3.63, 3.8) is 0 Å². The maximum absolute atomic E-state index is 13.4. The summed E-state index contributed by atoms with van der Waals surface area (Å²) >= 11 is 0. The molecule has 0 unspecified atom stereocenters. The second-order valence-corrected chi connectivity index (χ2v) is 16.2. The van der Waals surface area contributed by atoms with E-state index in [2.05, 4.69) is 19.7 Å². The summed E-state index contributed by atoms with van der Waals surface area (Å²) in [5, 5.41) is 0.939. The molecule has 0 fully saturated rings. The van der Waals surface area contributed by atoms with Crippen molar-refractivity contribution in [3.05, 3.63) is 109 Å². The van der Waals surface area contributed by atoms with Crippen LogP contribution in [0, 0.1) is 0 Å². The molecule has 0 radical (unpaired) electrons. The fourth-order valence-corrected chi connectivity index (χ4v) is 10.7. The molecule has 0 heterocycles. The highest BCUT2D eigenvalue weighted by molar-refractivity contribution is 7.99. The van der Waals surface area contributed by atoms with E-state index in [-0.39, 0.29) is 16.4 Å². The molecule has 0 amide bonds. The Morgan fingerprint density at radius 1 is 0.488 bits per heavy atom. The van der Waals surface area contributed by atoms with Gasteiger partial charge in [-0.15, -0.1) is 0 Å². The summed E-state index contributed by atoms with van der Waals surface area (Å²) in [7, 11) is -20.4. The molecule has 0 aromatic heterocycles. The minimum Gasteiger partial charge on any atom is -0.282 e. The van der Waals surface area contributed by atoms with Gasteiger partial charge in [0.05, 0.1) is 4.90 Å². The van der Waals surface area contributed by atoms with Gasteiger partial charge in [0.25, 0.3) is 10.1 Å². The first-order valence-corrected chi connectivity index (χ1v) is 18.3. The van der Waals surface area contributed by atoms with E-state index < -0.39 is 64.8 Å². The Morgan fingerprint density at radius 3 is 1.51 bits per heavy atom. The number of hydrogen-bond acceptors (Lipinski definition) is 8. The van der Waals surface area contributed by atoms with Gasteiger partial charge in [-0.25, -0.2) is 25.3 Å². The molecule has 0 saturated heterocycles.